The summed E-state index contributed by atoms with van der Waals surface area (Å²) in [5, 5.41) is 12.2. The monoisotopic (exact) mass is 436 g/mol. The molecule has 0 N–H and O–H groups in total. The largest absolute Gasteiger partial charge is 0.497 e. The Morgan fingerprint density at radius 1 is 1.19 bits per heavy atom. The van der Waals surface area contributed by atoms with E-state index in [0.717, 1.165) is 28.8 Å². The number of piperidine rings is 1. The maximum atomic E-state index is 13.0. The second kappa shape index (κ2) is 7.81. The van der Waals surface area contributed by atoms with Crippen LogP contribution in [0.5, 0.6) is 5.75 Å². The molecular weight excluding hydrogens is 412 g/mol. The minimum absolute atomic E-state index is 0.0276. The third kappa shape index (κ3) is 3.43. The molecule has 2 aliphatic heterocycles. The van der Waals surface area contributed by atoms with Gasteiger partial charge in [-0.15, -0.1) is 0 Å². The Morgan fingerprint density at radius 2 is 2.03 bits per heavy atom. The van der Waals surface area contributed by atoms with E-state index in [2.05, 4.69) is 4.57 Å². The van der Waals surface area contributed by atoms with Gasteiger partial charge >= 0.3 is 11.2 Å². The Morgan fingerprint density at radius 3 is 2.81 bits per heavy atom. The van der Waals surface area contributed by atoms with Gasteiger partial charge in [-0.1, -0.05) is 0 Å². The molecule has 9 heteroatoms. The summed E-state index contributed by atoms with van der Waals surface area (Å²) >= 11 is 0. The normalized spacial score (nSPS) is 19.6. The zero-order valence-corrected chi connectivity index (χ0v) is 17.8. The van der Waals surface area contributed by atoms with Crippen molar-refractivity contribution in [2.75, 3.05) is 20.2 Å². The van der Waals surface area contributed by atoms with Crippen molar-refractivity contribution in [1.29, 1.82) is 0 Å². The van der Waals surface area contributed by atoms with E-state index in [-0.39, 0.29) is 17.7 Å². The maximum absolute atomic E-state index is 13.0. The van der Waals surface area contributed by atoms with Crippen molar-refractivity contribution in [2.24, 2.45) is 5.92 Å². The number of pyridine rings is 1. The Labute approximate surface area is 184 Å². The molecule has 0 spiro atoms. The number of hydrogen-bond acceptors (Lipinski definition) is 5. The summed E-state index contributed by atoms with van der Waals surface area (Å²) < 4.78 is 8.89. The van der Waals surface area contributed by atoms with Crippen LogP contribution in [-0.2, 0) is 17.9 Å². The van der Waals surface area contributed by atoms with Gasteiger partial charge in [-0.05, 0) is 42.7 Å². The third-order valence-corrected chi connectivity index (χ3v) is 6.68. The summed E-state index contributed by atoms with van der Waals surface area (Å²) in [5.74, 6) is 1.05. The molecule has 4 heterocycles. The lowest BCUT2D eigenvalue weighted by Gasteiger charge is -2.42. The number of amides is 1. The molecule has 2 aliphatic rings. The number of aryl methyl sites for hydroxylation is 1. The van der Waals surface area contributed by atoms with E-state index in [9.17, 15) is 19.7 Å². The van der Waals surface area contributed by atoms with Crippen LogP contribution in [0.4, 0.5) is 5.69 Å². The molecule has 1 amide bonds. The Bertz CT molecular complexity index is 1280. The minimum Gasteiger partial charge on any atom is -0.497 e. The second-order valence-corrected chi connectivity index (χ2v) is 8.60. The molecule has 5 rings (SSSR count). The van der Waals surface area contributed by atoms with Crippen LogP contribution in [-0.4, -0.2) is 45.1 Å². The van der Waals surface area contributed by atoms with Crippen molar-refractivity contribution in [3.63, 3.8) is 0 Å². The molecule has 2 aromatic heterocycles. The Kier molecular flexibility index (Phi) is 4.96. The zero-order chi connectivity index (χ0) is 22.4. The molecule has 3 aromatic rings. The quantitative estimate of drug-likeness (QED) is 0.452. The number of hydrogen-bond donors (Lipinski definition) is 0. The van der Waals surface area contributed by atoms with E-state index in [0.29, 0.717) is 32.6 Å². The first-order chi connectivity index (χ1) is 15.4. The number of nitro groups is 1. The van der Waals surface area contributed by atoms with Crippen molar-refractivity contribution >= 4 is 22.5 Å². The topological polar surface area (TPSA) is 99.6 Å². The van der Waals surface area contributed by atoms with Gasteiger partial charge in [0, 0.05) is 67.4 Å². The SMILES string of the molecule is COc1ccc2c(ccn2CCC(=O)N2CC3C[C@@H](C2)Cn2c3ccc([N+](=O)[O-])c2=O)c1. The summed E-state index contributed by atoms with van der Waals surface area (Å²) in [6.45, 7) is 2.12. The number of aromatic nitrogens is 2. The van der Waals surface area contributed by atoms with E-state index in [1.807, 2.05) is 35.4 Å². The van der Waals surface area contributed by atoms with Crippen LogP contribution >= 0.6 is 0 Å². The van der Waals surface area contributed by atoms with E-state index in [1.54, 1.807) is 17.7 Å². The highest BCUT2D eigenvalue weighted by atomic mass is 16.6. The number of methoxy groups -OCH3 is 1. The van der Waals surface area contributed by atoms with Gasteiger partial charge in [0.2, 0.25) is 5.91 Å². The van der Waals surface area contributed by atoms with E-state index in [4.69, 9.17) is 4.74 Å². The molecule has 1 unspecified atom stereocenters. The number of rotatable bonds is 5. The Balaban J connectivity index is 1.29. The van der Waals surface area contributed by atoms with Crippen LogP contribution in [0, 0.1) is 16.0 Å². The average Bonchev–Trinajstić information content (AvgIpc) is 3.19. The molecule has 1 saturated heterocycles. The van der Waals surface area contributed by atoms with E-state index in [1.165, 1.54) is 6.07 Å². The van der Waals surface area contributed by atoms with E-state index >= 15 is 0 Å². The summed E-state index contributed by atoms with van der Waals surface area (Å²) in [6, 6.07) is 10.9. The molecule has 0 saturated carbocycles. The number of ether oxygens (including phenoxy) is 1. The smallest absolute Gasteiger partial charge is 0.334 e. The summed E-state index contributed by atoms with van der Waals surface area (Å²) in [5.41, 5.74) is 0.917. The van der Waals surface area contributed by atoms with Gasteiger partial charge in [-0.3, -0.25) is 19.7 Å². The van der Waals surface area contributed by atoms with Gasteiger partial charge in [0.15, 0.2) is 0 Å². The van der Waals surface area contributed by atoms with Crippen LogP contribution < -0.4 is 10.3 Å². The standard InChI is InChI=1S/C23H24N4O5/c1-32-18-2-3-19-16(11-18)6-8-24(19)9-7-22(28)25-12-15-10-17(14-25)20-4-5-21(27(30)31)23(29)26(20)13-15/h2-6,8,11,15,17H,7,9-10,12-14H2,1H3/t15-,17?/m0/s1. The van der Waals surface area contributed by atoms with Crippen molar-refractivity contribution in [1.82, 2.24) is 14.0 Å². The maximum Gasteiger partial charge on any atom is 0.334 e. The average molecular weight is 436 g/mol. The van der Waals surface area contributed by atoms with Crippen molar-refractivity contribution in [2.45, 2.75) is 31.8 Å². The van der Waals surface area contributed by atoms with Crippen molar-refractivity contribution < 1.29 is 14.5 Å². The summed E-state index contributed by atoms with van der Waals surface area (Å²) in [6.07, 6.45) is 3.27. The molecule has 1 aromatic carbocycles. The molecule has 9 nitrogen and oxygen atoms in total. The van der Waals surface area contributed by atoms with Gasteiger partial charge in [0.1, 0.15) is 5.75 Å². The van der Waals surface area contributed by atoms with Crippen molar-refractivity contribution in [3.8, 4) is 5.75 Å². The number of carbonyl (C=O) groups excluding carboxylic acids is 1. The van der Waals surface area contributed by atoms with Crippen LogP contribution in [0.15, 0.2) is 47.4 Å². The Hall–Kier alpha value is -3.62. The highest BCUT2D eigenvalue weighted by Gasteiger charge is 2.37. The molecule has 2 bridgehead atoms. The molecule has 1 fully saturated rings. The van der Waals surface area contributed by atoms with Gasteiger partial charge in [0.25, 0.3) is 0 Å². The van der Waals surface area contributed by atoms with Crippen LogP contribution in [0.1, 0.15) is 24.5 Å². The first-order valence-corrected chi connectivity index (χ1v) is 10.7. The highest BCUT2D eigenvalue weighted by Crippen LogP contribution is 2.36. The molecule has 0 aliphatic carbocycles. The van der Waals surface area contributed by atoms with Crippen molar-refractivity contribution in [3.05, 3.63) is 68.8 Å². The first kappa shape index (κ1) is 20.3. The lowest BCUT2D eigenvalue weighted by molar-refractivity contribution is -0.386. The number of carbonyl (C=O) groups is 1. The number of benzene rings is 1. The summed E-state index contributed by atoms with van der Waals surface area (Å²) in [4.78, 5) is 37.9. The third-order valence-electron chi connectivity index (χ3n) is 6.68. The fourth-order valence-electron chi connectivity index (χ4n) is 5.15. The van der Waals surface area contributed by atoms with Gasteiger partial charge in [-0.25, -0.2) is 0 Å². The van der Waals surface area contributed by atoms with Crippen LogP contribution in [0.25, 0.3) is 10.9 Å². The summed E-state index contributed by atoms with van der Waals surface area (Å²) in [7, 11) is 1.64. The predicted octanol–water partition coefficient (Wildman–Crippen LogP) is 2.76. The molecule has 32 heavy (non-hydrogen) atoms. The van der Waals surface area contributed by atoms with Crippen LogP contribution in [0.2, 0.25) is 0 Å². The molecule has 166 valence electrons. The van der Waals surface area contributed by atoms with Crippen LogP contribution in [0.3, 0.4) is 0 Å². The second-order valence-electron chi connectivity index (χ2n) is 8.60. The zero-order valence-electron chi connectivity index (χ0n) is 17.8. The lowest BCUT2D eigenvalue weighted by atomic mass is 9.83. The molecule has 2 atom stereocenters. The number of nitrogens with zero attached hydrogens (tertiary/aromatic N) is 4. The van der Waals surface area contributed by atoms with Gasteiger partial charge in [0.05, 0.1) is 12.0 Å². The fraction of sp³-hybridized carbons (Fsp3) is 0.391. The van der Waals surface area contributed by atoms with Gasteiger partial charge in [-0.2, -0.15) is 0 Å². The molecule has 0 radical (unpaired) electrons. The molecular formula is C23H24N4O5. The predicted molar refractivity (Wildman–Crippen MR) is 118 cm³/mol. The van der Waals surface area contributed by atoms with E-state index < -0.39 is 16.2 Å². The fourth-order valence-corrected chi connectivity index (χ4v) is 5.15. The highest BCUT2D eigenvalue weighted by molar-refractivity contribution is 5.82. The van der Waals surface area contributed by atoms with Gasteiger partial charge < -0.3 is 18.8 Å². The first-order valence-electron chi connectivity index (χ1n) is 10.7. The minimum atomic E-state index is -0.628. The number of likely N-dealkylation sites (tertiary alicyclic amines) is 1. The lowest BCUT2D eigenvalue weighted by Crippen LogP contribution is -2.49. The number of fused-ring (bicyclic) bond motifs is 5.